The molecule has 0 bridgehead atoms. The lowest BCUT2D eigenvalue weighted by Gasteiger charge is -2.24. The minimum atomic E-state index is -0.349. The van der Waals surface area contributed by atoms with E-state index >= 15 is 0 Å². The van der Waals surface area contributed by atoms with Gasteiger partial charge in [-0.2, -0.15) is 0 Å². The van der Waals surface area contributed by atoms with Gasteiger partial charge in [0.2, 0.25) is 0 Å². The number of hydrogen-bond acceptors (Lipinski definition) is 3. The number of halogens is 1. The van der Waals surface area contributed by atoms with E-state index in [9.17, 15) is 4.39 Å². The van der Waals surface area contributed by atoms with Crippen molar-refractivity contribution in [3.05, 3.63) is 47.8 Å². The van der Waals surface area contributed by atoms with Gasteiger partial charge >= 0.3 is 0 Å². The summed E-state index contributed by atoms with van der Waals surface area (Å²) in [7, 11) is 5.42. The van der Waals surface area contributed by atoms with Crippen LogP contribution in [0, 0.1) is 12.7 Å². The van der Waals surface area contributed by atoms with Crippen molar-refractivity contribution < 1.29 is 9.13 Å². The number of anilines is 2. The summed E-state index contributed by atoms with van der Waals surface area (Å²) < 4.78 is 19.8. The first-order valence-electron chi connectivity index (χ1n) is 7.89. The lowest BCUT2D eigenvalue weighted by atomic mass is 10.1. The smallest absolute Gasteiger partial charge is 0.150 e. The maximum Gasteiger partial charge on any atom is 0.150 e. The highest BCUT2D eigenvalue weighted by Crippen LogP contribution is 2.36. The maximum absolute atomic E-state index is 14.5. The third-order valence-electron chi connectivity index (χ3n) is 3.97. The van der Waals surface area contributed by atoms with Gasteiger partial charge in [0.1, 0.15) is 11.4 Å². The molecule has 2 rings (SSSR count). The van der Waals surface area contributed by atoms with Gasteiger partial charge < -0.3 is 14.5 Å². The Bertz CT molecular complexity index is 731. The monoisotopic (exact) mass is 329 g/mol. The van der Waals surface area contributed by atoms with E-state index in [4.69, 9.17) is 4.74 Å². The van der Waals surface area contributed by atoms with Gasteiger partial charge in [0, 0.05) is 32.4 Å². The van der Waals surface area contributed by atoms with Crippen molar-refractivity contribution in [1.29, 1.82) is 0 Å². The zero-order valence-electron chi connectivity index (χ0n) is 14.9. The number of aryl methyl sites for hydroxylation is 1. The van der Waals surface area contributed by atoms with Crippen LogP contribution in [0.15, 0.2) is 41.4 Å². The van der Waals surface area contributed by atoms with Crippen molar-refractivity contribution in [3.63, 3.8) is 0 Å². The summed E-state index contributed by atoms with van der Waals surface area (Å²) in [5.74, 6) is 0.393. The van der Waals surface area contributed by atoms with Crippen LogP contribution in [0.4, 0.5) is 21.5 Å². The molecule has 4 nitrogen and oxygen atoms in total. The van der Waals surface area contributed by atoms with Gasteiger partial charge in [-0.05, 0) is 37.6 Å². The normalized spacial score (nSPS) is 10.9. The van der Waals surface area contributed by atoms with Crippen LogP contribution in [-0.2, 0) is 0 Å². The molecule has 0 heterocycles. The highest BCUT2D eigenvalue weighted by molar-refractivity contribution is 5.73. The van der Waals surface area contributed by atoms with Crippen molar-refractivity contribution in [2.45, 2.75) is 13.8 Å². The molecule has 5 heteroatoms. The van der Waals surface area contributed by atoms with E-state index < -0.39 is 0 Å². The molecule has 0 amide bonds. The molecule has 0 aromatic heterocycles. The minimum Gasteiger partial charge on any atom is -0.495 e. The molecule has 0 N–H and O–H groups in total. The Morgan fingerprint density at radius 2 is 1.88 bits per heavy atom. The molecule has 2 aromatic rings. The molecular weight excluding hydrogens is 305 g/mol. The molecule has 0 aliphatic rings. The summed E-state index contributed by atoms with van der Waals surface area (Å²) in [6.07, 6.45) is 1.64. The Balaban J connectivity index is 2.38. The van der Waals surface area contributed by atoms with E-state index in [0.29, 0.717) is 5.69 Å². The highest BCUT2D eigenvalue weighted by atomic mass is 19.1. The van der Waals surface area contributed by atoms with Gasteiger partial charge in [0.15, 0.2) is 5.82 Å². The zero-order valence-corrected chi connectivity index (χ0v) is 14.9. The molecule has 0 aliphatic heterocycles. The van der Waals surface area contributed by atoms with E-state index in [2.05, 4.69) is 4.99 Å². The lowest BCUT2D eigenvalue weighted by Crippen LogP contribution is -2.14. The summed E-state index contributed by atoms with van der Waals surface area (Å²) in [6, 6.07) is 10.9. The van der Waals surface area contributed by atoms with Crippen molar-refractivity contribution >= 4 is 23.4 Å². The van der Waals surface area contributed by atoms with Gasteiger partial charge in [0.25, 0.3) is 0 Å². The fourth-order valence-corrected chi connectivity index (χ4v) is 2.40. The molecule has 0 atom stereocenters. The van der Waals surface area contributed by atoms with Gasteiger partial charge in [0.05, 0.1) is 19.1 Å². The van der Waals surface area contributed by atoms with Crippen LogP contribution >= 0.6 is 0 Å². The summed E-state index contributed by atoms with van der Waals surface area (Å²) in [5.41, 5.74) is 2.94. The second kappa shape index (κ2) is 7.81. The molecule has 0 saturated heterocycles. The average Bonchev–Trinajstić information content (AvgIpc) is 2.61. The molecule has 2 aromatic carbocycles. The van der Waals surface area contributed by atoms with Crippen molar-refractivity contribution in [3.8, 4) is 5.75 Å². The van der Waals surface area contributed by atoms with Crippen LogP contribution in [0.25, 0.3) is 0 Å². The number of nitrogens with zero attached hydrogens (tertiary/aromatic N) is 3. The number of ether oxygens (including phenoxy) is 1. The first kappa shape index (κ1) is 17.8. The number of hydrogen-bond donors (Lipinski definition) is 0. The van der Waals surface area contributed by atoms with Crippen LogP contribution < -0.4 is 9.64 Å². The largest absolute Gasteiger partial charge is 0.495 e. The Morgan fingerprint density at radius 3 is 2.54 bits per heavy atom. The Hall–Kier alpha value is -2.56. The second-order valence-electron chi connectivity index (χ2n) is 5.64. The molecule has 128 valence electrons. The summed E-state index contributed by atoms with van der Waals surface area (Å²) >= 11 is 0. The van der Waals surface area contributed by atoms with E-state index in [0.717, 1.165) is 29.2 Å². The van der Waals surface area contributed by atoms with Gasteiger partial charge in [-0.1, -0.05) is 12.1 Å². The standard InChI is InChI=1S/C19H24FN3O/c1-6-22(3)13-21-16-11-14(2)18(12-15(16)20)23(4)17-9-7-8-10-19(17)24-5/h7-13H,6H2,1-5H3. The molecule has 0 spiro atoms. The van der Waals surface area contributed by atoms with Crippen molar-refractivity contribution in [2.75, 3.05) is 32.6 Å². The van der Waals surface area contributed by atoms with Gasteiger partial charge in [-0.15, -0.1) is 0 Å². The summed E-state index contributed by atoms with van der Waals surface area (Å²) in [5, 5.41) is 0. The Morgan fingerprint density at radius 1 is 1.17 bits per heavy atom. The average molecular weight is 329 g/mol. The fraction of sp³-hybridized carbons (Fsp3) is 0.316. The molecule has 0 saturated carbocycles. The van der Waals surface area contributed by atoms with Gasteiger partial charge in [-0.25, -0.2) is 9.38 Å². The maximum atomic E-state index is 14.5. The number of para-hydroxylation sites is 2. The zero-order chi connectivity index (χ0) is 17.7. The molecule has 0 fully saturated rings. The molecule has 0 aliphatic carbocycles. The molecular formula is C19H24FN3O. The first-order chi connectivity index (χ1) is 11.5. The summed E-state index contributed by atoms with van der Waals surface area (Å²) in [6.45, 7) is 4.78. The third kappa shape index (κ3) is 3.85. The topological polar surface area (TPSA) is 28.1 Å². The van der Waals surface area contributed by atoms with Gasteiger partial charge in [-0.3, -0.25) is 0 Å². The van der Waals surface area contributed by atoms with Crippen LogP contribution in [0.3, 0.4) is 0 Å². The predicted molar refractivity (Wildman–Crippen MR) is 98.7 cm³/mol. The number of benzene rings is 2. The van der Waals surface area contributed by atoms with Crippen LogP contribution in [0.1, 0.15) is 12.5 Å². The number of methoxy groups -OCH3 is 1. The number of aliphatic imine (C=N–C) groups is 1. The second-order valence-corrected chi connectivity index (χ2v) is 5.64. The van der Waals surface area contributed by atoms with Crippen LogP contribution in [-0.4, -0.2) is 39.0 Å². The fourth-order valence-electron chi connectivity index (χ4n) is 2.40. The predicted octanol–water partition coefficient (Wildman–Crippen LogP) is 4.52. The quantitative estimate of drug-likeness (QED) is 0.576. The van der Waals surface area contributed by atoms with Crippen LogP contribution in [0.2, 0.25) is 0 Å². The van der Waals surface area contributed by atoms with E-state index in [-0.39, 0.29) is 5.82 Å². The first-order valence-corrected chi connectivity index (χ1v) is 7.89. The van der Waals surface area contributed by atoms with Crippen LogP contribution in [0.5, 0.6) is 5.75 Å². The molecule has 0 radical (unpaired) electrons. The number of rotatable bonds is 6. The van der Waals surface area contributed by atoms with E-state index in [1.165, 1.54) is 6.07 Å². The summed E-state index contributed by atoms with van der Waals surface area (Å²) in [4.78, 5) is 8.04. The molecule has 24 heavy (non-hydrogen) atoms. The van der Waals surface area contributed by atoms with E-state index in [1.54, 1.807) is 19.5 Å². The Labute approximate surface area is 143 Å². The third-order valence-corrected chi connectivity index (χ3v) is 3.97. The minimum absolute atomic E-state index is 0.338. The van der Waals surface area contributed by atoms with E-state index in [1.807, 2.05) is 62.0 Å². The molecule has 0 unspecified atom stereocenters. The lowest BCUT2D eigenvalue weighted by molar-refractivity contribution is 0.415. The SMILES string of the molecule is CCN(C)C=Nc1cc(C)c(N(C)c2ccccc2OC)cc1F. The van der Waals surface area contributed by atoms with Crippen molar-refractivity contribution in [2.24, 2.45) is 4.99 Å². The Kier molecular flexibility index (Phi) is 5.79. The highest BCUT2D eigenvalue weighted by Gasteiger charge is 2.14. The van der Waals surface area contributed by atoms with Crippen molar-refractivity contribution in [1.82, 2.24) is 4.90 Å².